The fourth-order valence-corrected chi connectivity index (χ4v) is 2.39. The smallest absolute Gasteiger partial charge is 0.253 e. The van der Waals surface area contributed by atoms with Gasteiger partial charge in [0.25, 0.3) is 5.52 Å². The Bertz CT molecular complexity index is 921. The van der Waals surface area contributed by atoms with Crippen LogP contribution in [-0.2, 0) is 0 Å². The average Bonchev–Trinajstić information content (AvgIpc) is 2.62. The van der Waals surface area contributed by atoms with Crippen molar-refractivity contribution in [2.75, 3.05) is 0 Å². The summed E-state index contributed by atoms with van der Waals surface area (Å²) in [4.78, 5) is 8.99. The first-order valence-corrected chi connectivity index (χ1v) is 7.08. The van der Waals surface area contributed by atoms with E-state index in [0.29, 0.717) is 5.82 Å². The van der Waals surface area contributed by atoms with Crippen LogP contribution in [0.4, 0.5) is 0 Å². The topological polar surface area (TPSA) is 42.5 Å². The van der Waals surface area contributed by atoms with E-state index in [0.717, 1.165) is 22.4 Å². The summed E-state index contributed by atoms with van der Waals surface area (Å²) in [5.41, 5.74) is 3.62. The molecule has 2 aromatic heterocycles. The molecule has 0 amide bonds. The van der Waals surface area contributed by atoms with Crippen molar-refractivity contribution in [3.05, 3.63) is 79.0 Å². The van der Waals surface area contributed by atoms with E-state index in [1.54, 1.807) is 6.20 Å². The first kappa shape index (κ1) is 12.6. The fraction of sp³-hybridized carbons (Fsp3) is 0. The van der Waals surface area contributed by atoms with Crippen LogP contribution in [0.25, 0.3) is 28.2 Å². The van der Waals surface area contributed by atoms with E-state index in [1.165, 1.54) is 0 Å². The van der Waals surface area contributed by atoms with Crippen LogP contribution in [-0.4, -0.2) is 15.1 Å². The number of nitrogens with zero attached hydrogens (tertiary/aromatic N) is 4. The van der Waals surface area contributed by atoms with Crippen molar-refractivity contribution in [3.8, 4) is 17.2 Å². The van der Waals surface area contributed by atoms with E-state index in [9.17, 15) is 0 Å². The molecule has 0 spiro atoms. The molecule has 0 saturated heterocycles. The second kappa shape index (κ2) is 5.33. The molecule has 0 fully saturated rings. The van der Waals surface area contributed by atoms with Crippen molar-refractivity contribution in [2.45, 2.75) is 0 Å². The number of hydrogen-bond donors (Lipinski definition) is 0. The normalized spacial score (nSPS) is 10.7. The van der Waals surface area contributed by atoms with Crippen LogP contribution in [0, 0.1) is 0 Å². The van der Waals surface area contributed by atoms with Crippen LogP contribution >= 0.6 is 0 Å². The predicted octanol–water partition coefficient (Wildman–Crippen LogP) is 2.97. The third kappa shape index (κ3) is 2.20. The Kier molecular flexibility index (Phi) is 3.05. The molecule has 4 heteroatoms. The zero-order valence-corrected chi connectivity index (χ0v) is 11.8. The Balaban J connectivity index is 2.02. The largest absolute Gasteiger partial charge is 0.264 e. The number of hydrogen-bond acceptors (Lipinski definition) is 3. The molecule has 0 atom stereocenters. The highest BCUT2D eigenvalue weighted by Crippen LogP contribution is 2.14. The van der Waals surface area contributed by atoms with Gasteiger partial charge in [-0.1, -0.05) is 36.4 Å². The molecule has 0 radical (unpaired) electrons. The standard InChI is InChI=1S/C18H13N4/c1-2-8-14(9-3-1)22-17-12-5-4-10-15(17)20-18(21-22)16-11-6-7-13-19-16/h1-13H/q+1. The lowest BCUT2D eigenvalue weighted by Crippen LogP contribution is -2.37. The molecule has 4 aromatic rings. The summed E-state index contributed by atoms with van der Waals surface area (Å²) in [6, 6.07) is 23.8. The van der Waals surface area contributed by atoms with Gasteiger partial charge in [-0.2, -0.15) is 0 Å². The predicted molar refractivity (Wildman–Crippen MR) is 84.3 cm³/mol. The van der Waals surface area contributed by atoms with Gasteiger partial charge < -0.3 is 0 Å². The van der Waals surface area contributed by atoms with Gasteiger partial charge in [-0.25, -0.2) is 4.98 Å². The number of aromatic nitrogens is 4. The van der Waals surface area contributed by atoms with Crippen molar-refractivity contribution in [1.82, 2.24) is 15.1 Å². The number of pyridine rings is 1. The van der Waals surface area contributed by atoms with Crippen LogP contribution in [0.3, 0.4) is 0 Å². The lowest BCUT2D eigenvalue weighted by Gasteiger charge is -2.01. The summed E-state index contributed by atoms with van der Waals surface area (Å²) in [7, 11) is 0. The number of fused-ring (bicyclic) bond motifs is 1. The molecule has 22 heavy (non-hydrogen) atoms. The van der Waals surface area contributed by atoms with Crippen molar-refractivity contribution < 1.29 is 4.68 Å². The van der Waals surface area contributed by atoms with Crippen LogP contribution in [0.15, 0.2) is 79.0 Å². The van der Waals surface area contributed by atoms with Gasteiger partial charge >= 0.3 is 0 Å². The molecule has 0 unspecified atom stereocenters. The molecule has 0 N–H and O–H groups in total. The van der Waals surface area contributed by atoms with Crippen molar-refractivity contribution in [3.63, 3.8) is 0 Å². The quantitative estimate of drug-likeness (QED) is 0.532. The minimum atomic E-state index is 0.614. The van der Waals surface area contributed by atoms with Gasteiger partial charge in [-0.3, -0.25) is 4.98 Å². The van der Waals surface area contributed by atoms with Crippen molar-refractivity contribution >= 4 is 11.0 Å². The highest BCUT2D eigenvalue weighted by atomic mass is 15.3. The summed E-state index contributed by atoms with van der Waals surface area (Å²) >= 11 is 0. The molecule has 0 saturated carbocycles. The summed E-state index contributed by atoms with van der Waals surface area (Å²) in [5, 5.41) is 4.68. The maximum Gasteiger partial charge on any atom is 0.264 e. The van der Waals surface area contributed by atoms with Crippen LogP contribution in [0.5, 0.6) is 0 Å². The second-order valence-corrected chi connectivity index (χ2v) is 4.89. The van der Waals surface area contributed by atoms with E-state index in [-0.39, 0.29) is 0 Å². The van der Waals surface area contributed by atoms with Gasteiger partial charge in [-0.05, 0) is 22.9 Å². The fourth-order valence-electron chi connectivity index (χ4n) is 2.39. The summed E-state index contributed by atoms with van der Waals surface area (Å²) in [5.74, 6) is 0.614. The minimum Gasteiger partial charge on any atom is -0.253 e. The lowest BCUT2D eigenvalue weighted by atomic mass is 10.2. The highest BCUT2D eigenvalue weighted by molar-refractivity contribution is 5.72. The maximum atomic E-state index is 4.68. The van der Waals surface area contributed by atoms with Gasteiger partial charge in [0.2, 0.25) is 11.5 Å². The van der Waals surface area contributed by atoms with Gasteiger partial charge in [0.15, 0.2) is 0 Å². The minimum absolute atomic E-state index is 0.614. The lowest BCUT2D eigenvalue weighted by molar-refractivity contribution is -0.632. The maximum absolute atomic E-state index is 4.68. The molecule has 104 valence electrons. The molecule has 2 heterocycles. The monoisotopic (exact) mass is 285 g/mol. The third-order valence-corrected chi connectivity index (χ3v) is 3.43. The molecule has 0 aliphatic rings. The molecular weight excluding hydrogens is 272 g/mol. The number of benzene rings is 2. The van der Waals surface area contributed by atoms with Crippen LogP contribution in [0.2, 0.25) is 0 Å². The zero-order valence-electron chi connectivity index (χ0n) is 11.8. The molecular formula is C18H13N4+. The number of para-hydroxylation sites is 3. The second-order valence-electron chi connectivity index (χ2n) is 4.89. The number of rotatable bonds is 2. The molecule has 0 aliphatic carbocycles. The zero-order chi connectivity index (χ0) is 14.8. The van der Waals surface area contributed by atoms with Crippen molar-refractivity contribution in [1.29, 1.82) is 0 Å². The van der Waals surface area contributed by atoms with Gasteiger partial charge in [-0.15, -0.1) is 0 Å². The summed E-state index contributed by atoms with van der Waals surface area (Å²) < 4.78 is 1.91. The highest BCUT2D eigenvalue weighted by Gasteiger charge is 2.18. The van der Waals surface area contributed by atoms with Gasteiger partial charge in [0.1, 0.15) is 11.2 Å². The van der Waals surface area contributed by atoms with Crippen LogP contribution in [0.1, 0.15) is 0 Å². The average molecular weight is 285 g/mol. The van der Waals surface area contributed by atoms with E-state index >= 15 is 0 Å². The van der Waals surface area contributed by atoms with E-state index in [2.05, 4.69) is 15.1 Å². The Hall–Kier alpha value is -3.14. The molecule has 2 aromatic carbocycles. The Labute approximate surface area is 127 Å². The van der Waals surface area contributed by atoms with Crippen LogP contribution < -0.4 is 4.68 Å². The van der Waals surface area contributed by atoms with Crippen molar-refractivity contribution in [2.24, 2.45) is 0 Å². The molecule has 0 bridgehead atoms. The van der Waals surface area contributed by atoms with Gasteiger partial charge in [0.05, 0.1) is 0 Å². The first-order valence-electron chi connectivity index (χ1n) is 7.08. The third-order valence-electron chi connectivity index (χ3n) is 3.43. The molecule has 0 aliphatic heterocycles. The first-order chi connectivity index (χ1) is 10.9. The Morgan fingerprint density at radius 2 is 1.50 bits per heavy atom. The van der Waals surface area contributed by atoms with Gasteiger partial charge in [0, 0.05) is 29.5 Å². The van der Waals surface area contributed by atoms with E-state index in [4.69, 9.17) is 0 Å². The SMILES string of the molecule is c1ccc(-[n+]2nc(-c3ccccn3)nc3ccccc32)cc1. The molecule has 4 rings (SSSR count). The Morgan fingerprint density at radius 3 is 2.32 bits per heavy atom. The Morgan fingerprint density at radius 1 is 0.727 bits per heavy atom. The summed E-state index contributed by atoms with van der Waals surface area (Å²) in [6.07, 6.45) is 1.75. The van der Waals surface area contributed by atoms with E-state index < -0.39 is 0 Å². The summed E-state index contributed by atoms with van der Waals surface area (Å²) in [6.45, 7) is 0. The molecule has 4 nitrogen and oxygen atoms in total. The van der Waals surface area contributed by atoms with E-state index in [1.807, 2.05) is 77.5 Å².